The average molecular weight is 476 g/mol. The van der Waals surface area contributed by atoms with Crippen molar-refractivity contribution in [2.75, 3.05) is 24.5 Å². The number of rotatable bonds is 4. The van der Waals surface area contributed by atoms with Gasteiger partial charge in [-0.2, -0.15) is 10.2 Å². The molecule has 3 atom stereocenters. The molecule has 1 aliphatic carbocycles. The van der Waals surface area contributed by atoms with Crippen LogP contribution >= 0.6 is 11.6 Å². The highest BCUT2D eigenvalue weighted by molar-refractivity contribution is 6.38. The first-order chi connectivity index (χ1) is 16.6. The average Bonchev–Trinajstić information content (AvgIpc) is 3.34. The molecule has 1 saturated heterocycles. The molecule has 1 aliphatic heterocycles. The summed E-state index contributed by atoms with van der Waals surface area (Å²) in [6.45, 7) is 2.32. The van der Waals surface area contributed by atoms with Crippen LogP contribution in [0, 0.1) is 11.8 Å². The second-order valence-electron chi connectivity index (χ2n) is 9.24. The zero-order valence-electron chi connectivity index (χ0n) is 18.4. The largest absolute Gasteiger partial charge is 0.364 e. The molecule has 0 amide bonds. The lowest BCUT2D eigenvalue weighted by atomic mass is 9.97. The summed E-state index contributed by atoms with van der Waals surface area (Å²) in [5, 5.41) is 17.7. The van der Waals surface area contributed by atoms with Crippen molar-refractivity contribution < 1.29 is 4.52 Å². The maximum Gasteiger partial charge on any atom is 0.202 e. The number of aromatic nitrogens is 7. The van der Waals surface area contributed by atoms with Crippen molar-refractivity contribution >= 4 is 39.5 Å². The van der Waals surface area contributed by atoms with Crippen LogP contribution < -0.4 is 10.6 Å². The van der Waals surface area contributed by atoms with Gasteiger partial charge in [0.05, 0.1) is 28.1 Å². The van der Waals surface area contributed by atoms with Crippen molar-refractivity contribution in [3.63, 3.8) is 0 Å². The van der Waals surface area contributed by atoms with Gasteiger partial charge >= 0.3 is 0 Å². The highest BCUT2D eigenvalue weighted by Gasteiger charge is 2.67. The van der Waals surface area contributed by atoms with Gasteiger partial charge in [-0.25, -0.2) is 9.97 Å². The molecule has 4 aromatic heterocycles. The first-order valence-corrected chi connectivity index (χ1v) is 11.7. The van der Waals surface area contributed by atoms with Crippen LogP contribution in [0.1, 0.15) is 12.1 Å². The summed E-state index contributed by atoms with van der Waals surface area (Å²) in [5.41, 5.74) is 10.8. The number of piperidine rings is 1. The number of fused-ring (bicyclic) bond motifs is 3. The predicted molar refractivity (Wildman–Crippen MR) is 127 cm³/mol. The number of anilines is 1. The van der Waals surface area contributed by atoms with E-state index in [4.69, 9.17) is 31.8 Å². The number of nitrogens with zero attached hydrogens (tertiary/aromatic N) is 7. The number of nitrogens with one attached hydrogen (secondary N) is 1. The molecule has 11 heteroatoms. The number of benzene rings is 1. The van der Waals surface area contributed by atoms with Gasteiger partial charge in [0.2, 0.25) is 5.65 Å². The molecule has 0 spiro atoms. The smallest absolute Gasteiger partial charge is 0.202 e. The number of halogens is 1. The van der Waals surface area contributed by atoms with Gasteiger partial charge in [-0.1, -0.05) is 16.8 Å². The van der Waals surface area contributed by atoms with Crippen molar-refractivity contribution in [2.24, 2.45) is 24.6 Å². The third-order valence-corrected chi connectivity index (χ3v) is 8.07. The van der Waals surface area contributed by atoms with Crippen molar-refractivity contribution in [1.29, 1.82) is 0 Å². The molecule has 0 unspecified atom stereocenters. The van der Waals surface area contributed by atoms with E-state index in [1.54, 1.807) is 10.9 Å². The molecule has 5 aromatic rings. The molecule has 1 aromatic carbocycles. The Balaban J connectivity index is 1.20. The molecule has 5 heterocycles. The van der Waals surface area contributed by atoms with E-state index >= 15 is 0 Å². The topological polar surface area (TPSA) is 128 Å². The third-order valence-electron chi connectivity index (χ3n) is 7.66. The molecule has 1 saturated carbocycles. The fourth-order valence-corrected chi connectivity index (χ4v) is 6.23. The Morgan fingerprint density at radius 1 is 1.29 bits per heavy atom. The molecule has 34 heavy (non-hydrogen) atoms. The minimum absolute atomic E-state index is 0.0968. The summed E-state index contributed by atoms with van der Waals surface area (Å²) in [6.07, 6.45) is 6.38. The van der Waals surface area contributed by atoms with Gasteiger partial charge in [-0.15, -0.1) is 0 Å². The Kier molecular flexibility index (Phi) is 4.10. The molecular weight excluding hydrogens is 454 g/mol. The van der Waals surface area contributed by atoms with E-state index in [0.717, 1.165) is 53.2 Å². The van der Waals surface area contributed by atoms with Crippen LogP contribution in [0.25, 0.3) is 33.3 Å². The maximum atomic E-state index is 6.72. The minimum atomic E-state index is -0.0968. The van der Waals surface area contributed by atoms with Gasteiger partial charge in [0.1, 0.15) is 17.6 Å². The lowest BCUT2D eigenvalue weighted by molar-refractivity contribution is 0.397. The number of nitrogens with two attached hydrogens (primary N) is 1. The first-order valence-electron chi connectivity index (χ1n) is 11.3. The monoisotopic (exact) mass is 475 g/mol. The van der Waals surface area contributed by atoms with E-state index < -0.39 is 0 Å². The second-order valence-corrected chi connectivity index (χ2v) is 9.62. The van der Waals surface area contributed by atoms with Crippen LogP contribution in [-0.2, 0) is 12.5 Å². The molecule has 2 fully saturated rings. The quantitative estimate of drug-likeness (QED) is 0.406. The second kappa shape index (κ2) is 7.00. The van der Waals surface area contributed by atoms with Gasteiger partial charge in [0.25, 0.3) is 0 Å². The molecular formula is C23H22ClN9O. The van der Waals surface area contributed by atoms with E-state index in [1.165, 1.54) is 0 Å². The summed E-state index contributed by atoms with van der Waals surface area (Å²) in [4.78, 5) is 11.8. The maximum absolute atomic E-state index is 6.72. The summed E-state index contributed by atoms with van der Waals surface area (Å²) in [5.74, 6) is 1.77. The lowest BCUT2D eigenvalue weighted by Gasteiger charge is -2.26. The van der Waals surface area contributed by atoms with Gasteiger partial charge in [-0.3, -0.25) is 9.78 Å². The van der Waals surface area contributed by atoms with Gasteiger partial charge in [0, 0.05) is 55.3 Å². The zero-order valence-corrected chi connectivity index (χ0v) is 19.2. The third kappa shape index (κ3) is 2.63. The van der Waals surface area contributed by atoms with Crippen LogP contribution in [0.15, 0.2) is 41.4 Å². The van der Waals surface area contributed by atoms with Gasteiger partial charge in [-0.05, 0) is 30.4 Å². The summed E-state index contributed by atoms with van der Waals surface area (Å²) < 4.78 is 6.87. The van der Waals surface area contributed by atoms with Crippen molar-refractivity contribution in [2.45, 2.75) is 11.8 Å². The van der Waals surface area contributed by atoms with Crippen LogP contribution in [-0.4, -0.2) is 54.7 Å². The fourth-order valence-electron chi connectivity index (χ4n) is 5.92. The SMILES string of the molecule is Cn1cc2c(Cl)c(-c3[nH]nc4nc(N5CC[C@@H]6[C@H](C5)[C@@]6(CN)c5ccon5)cnc34)ccc2n1. The summed E-state index contributed by atoms with van der Waals surface area (Å²) >= 11 is 6.72. The van der Waals surface area contributed by atoms with Crippen LogP contribution in [0.5, 0.6) is 0 Å². The van der Waals surface area contributed by atoms with E-state index in [1.807, 2.05) is 37.6 Å². The Hall–Kier alpha value is -3.50. The summed E-state index contributed by atoms with van der Waals surface area (Å²) in [7, 11) is 1.88. The first kappa shape index (κ1) is 19.9. The van der Waals surface area contributed by atoms with E-state index in [0.29, 0.717) is 34.6 Å². The number of hydrogen-bond acceptors (Lipinski definition) is 8. The highest BCUT2D eigenvalue weighted by Crippen LogP contribution is 2.62. The highest BCUT2D eigenvalue weighted by atomic mass is 35.5. The van der Waals surface area contributed by atoms with E-state index in [-0.39, 0.29) is 5.41 Å². The number of aromatic amines is 1. The molecule has 172 valence electrons. The molecule has 0 radical (unpaired) electrons. The standard InChI is InChI=1S/C23H22ClN9O/c1-32-9-13-16(30-32)3-2-12(19(13)24)20-21-22(29-28-20)27-18(8-26-21)33-6-4-14-15(10-33)23(14,11-25)17-5-7-34-31-17/h2-3,5,7-9,14-15H,4,6,10-11,25H2,1H3,(H,27,28,29)/t14-,15+,23+/m1/s1. The number of hydrogen-bond donors (Lipinski definition) is 2. The van der Waals surface area contributed by atoms with Crippen LogP contribution in [0.2, 0.25) is 5.02 Å². The van der Waals surface area contributed by atoms with E-state index in [2.05, 4.69) is 25.4 Å². The Labute approximate surface area is 199 Å². The lowest BCUT2D eigenvalue weighted by Crippen LogP contribution is -2.32. The van der Waals surface area contributed by atoms with Crippen molar-refractivity contribution in [3.8, 4) is 11.3 Å². The summed E-state index contributed by atoms with van der Waals surface area (Å²) in [6, 6.07) is 5.83. The van der Waals surface area contributed by atoms with Crippen LogP contribution in [0.3, 0.4) is 0 Å². The number of H-pyrrole nitrogens is 1. The number of aryl methyl sites for hydroxylation is 1. The molecule has 3 N–H and O–H groups in total. The van der Waals surface area contributed by atoms with Crippen LogP contribution in [0.4, 0.5) is 5.82 Å². The Morgan fingerprint density at radius 2 is 2.21 bits per heavy atom. The van der Waals surface area contributed by atoms with Gasteiger partial charge < -0.3 is 15.2 Å². The van der Waals surface area contributed by atoms with Crippen molar-refractivity contribution in [1.82, 2.24) is 35.1 Å². The van der Waals surface area contributed by atoms with Gasteiger partial charge in [0.15, 0.2) is 0 Å². The molecule has 7 rings (SSSR count). The molecule has 10 nitrogen and oxygen atoms in total. The van der Waals surface area contributed by atoms with Crippen molar-refractivity contribution in [3.05, 3.63) is 47.6 Å². The predicted octanol–water partition coefficient (Wildman–Crippen LogP) is 2.90. The minimum Gasteiger partial charge on any atom is -0.364 e. The normalized spacial score (nSPS) is 24.1. The Morgan fingerprint density at radius 3 is 3.03 bits per heavy atom. The zero-order chi connectivity index (χ0) is 23.0. The Bertz CT molecular complexity index is 1540. The fraction of sp³-hybridized carbons (Fsp3) is 0.348. The molecule has 0 bridgehead atoms. The molecule has 2 aliphatic rings. The van der Waals surface area contributed by atoms with E-state index in [9.17, 15) is 0 Å².